The number of benzene rings is 1. The predicted molar refractivity (Wildman–Crippen MR) is 117 cm³/mol. The van der Waals surface area contributed by atoms with E-state index < -0.39 is 23.7 Å². The van der Waals surface area contributed by atoms with Crippen LogP contribution in [-0.4, -0.2) is 40.2 Å². The van der Waals surface area contributed by atoms with Crippen molar-refractivity contribution in [3.63, 3.8) is 0 Å². The number of thiophene rings is 1. The zero-order valence-electron chi connectivity index (χ0n) is 16.9. The minimum atomic E-state index is -0.815. The van der Waals surface area contributed by atoms with Crippen molar-refractivity contribution in [3.05, 3.63) is 87.9 Å². The van der Waals surface area contributed by atoms with Crippen LogP contribution in [0.2, 0.25) is 0 Å². The molecule has 3 heterocycles. The van der Waals surface area contributed by atoms with E-state index in [9.17, 15) is 14.4 Å². The Balaban J connectivity index is 1.45. The van der Waals surface area contributed by atoms with Crippen LogP contribution >= 0.6 is 11.3 Å². The lowest BCUT2D eigenvalue weighted by atomic mass is 9.93. The molecule has 7 heteroatoms. The van der Waals surface area contributed by atoms with Crippen LogP contribution in [-0.2, 0) is 33.7 Å². The molecule has 2 aromatic heterocycles. The monoisotopic (exact) mass is 434 g/mol. The van der Waals surface area contributed by atoms with Crippen LogP contribution in [0.25, 0.3) is 0 Å². The van der Waals surface area contributed by atoms with Gasteiger partial charge in [-0.15, -0.1) is 11.3 Å². The molecular weight excluding hydrogens is 412 g/mol. The number of hydrogen-bond acceptors (Lipinski definition) is 6. The van der Waals surface area contributed by atoms with Gasteiger partial charge in [0.1, 0.15) is 6.04 Å². The molecule has 1 amide bonds. The number of ketones is 1. The molecule has 0 saturated heterocycles. The lowest BCUT2D eigenvalue weighted by molar-refractivity contribution is -0.155. The van der Waals surface area contributed by atoms with Crippen molar-refractivity contribution in [3.8, 4) is 0 Å². The maximum atomic E-state index is 13.0. The molecule has 1 atom stereocenters. The third kappa shape index (κ3) is 4.88. The molecule has 0 bridgehead atoms. The van der Waals surface area contributed by atoms with Crippen LogP contribution < -0.4 is 0 Å². The smallest absolute Gasteiger partial charge is 0.329 e. The standard InChI is InChI=1S/C24H22N2O4S/c27-22(21-10-5-13-31-21)23(28)26-16-19-9-2-1-8-18(19)14-20(26)24(29)30-12-4-7-17-6-3-11-25-15-17/h1-3,5-6,8-11,13,15,20H,4,7,12,14,16H2/t20-/m0/s1. The van der Waals surface area contributed by atoms with Gasteiger partial charge in [-0.1, -0.05) is 36.4 Å². The Labute approximate surface area is 184 Å². The number of aromatic nitrogens is 1. The largest absolute Gasteiger partial charge is 0.464 e. The first kappa shape index (κ1) is 20.9. The molecule has 1 aliphatic heterocycles. The highest BCUT2D eigenvalue weighted by Gasteiger charge is 2.38. The molecule has 3 aromatic rings. The van der Waals surface area contributed by atoms with Crippen molar-refractivity contribution >= 4 is 29.0 Å². The molecule has 1 aromatic carbocycles. The van der Waals surface area contributed by atoms with Gasteiger partial charge in [-0.3, -0.25) is 14.6 Å². The molecule has 1 aliphatic rings. The molecule has 0 unspecified atom stereocenters. The predicted octanol–water partition coefficient (Wildman–Crippen LogP) is 3.46. The topological polar surface area (TPSA) is 76.6 Å². The minimum Gasteiger partial charge on any atom is -0.464 e. The summed E-state index contributed by atoms with van der Waals surface area (Å²) in [5.74, 6) is -1.74. The molecular formula is C24H22N2O4S. The first-order chi connectivity index (χ1) is 15.1. The van der Waals surface area contributed by atoms with Crippen molar-refractivity contribution in [2.75, 3.05) is 6.61 Å². The summed E-state index contributed by atoms with van der Waals surface area (Å²) >= 11 is 1.22. The van der Waals surface area contributed by atoms with Gasteiger partial charge in [0.15, 0.2) is 0 Å². The van der Waals surface area contributed by atoms with Gasteiger partial charge in [0, 0.05) is 25.4 Å². The first-order valence-electron chi connectivity index (χ1n) is 10.1. The quantitative estimate of drug-likeness (QED) is 0.246. The van der Waals surface area contributed by atoms with E-state index in [0.717, 1.165) is 23.1 Å². The number of esters is 1. The van der Waals surface area contributed by atoms with E-state index in [1.807, 2.05) is 36.4 Å². The highest BCUT2D eigenvalue weighted by atomic mass is 32.1. The number of aryl methyl sites for hydroxylation is 1. The number of rotatable bonds is 7. The van der Waals surface area contributed by atoms with Crippen molar-refractivity contribution in [2.24, 2.45) is 0 Å². The van der Waals surface area contributed by atoms with Crippen molar-refractivity contribution < 1.29 is 19.1 Å². The van der Waals surface area contributed by atoms with Gasteiger partial charge in [0.25, 0.3) is 11.7 Å². The number of ether oxygens (including phenoxy) is 1. The SMILES string of the molecule is O=C(C(=O)N1Cc2ccccc2C[C@H]1C(=O)OCCCc1cccnc1)c1cccs1. The number of carbonyl (C=O) groups excluding carboxylic acids is 3. The maximum absolute atomic E-state index is 13.0. The Hall–Kier alpha value is -3.32. The molecule has 0 saturated carbocycles. The van der Waals surface area contributed by atoms with E-state index in [0.29, 0.717) is 17.7 Å². The summed E-state index contributed by atoms with van der Waals surface area (Å²) in [6.07, 6.45) is 5.24. The Bertz CT molecular complexity index is 1070. The van der Waals surface area contributed by atoms with Gasteiger partial charge in [-0.05, 0) is 47.0 Å². The van der Waals surface area contributed by atoms with E-state index in [-0.39, 0.29) is 13.2 Å². The number of fused-ring (bicyclic) bond motifs is 1. The molecule has 31 heavy (non-hydrogen) atoms. The van der Waals surface area contributed by atoms with Crippen LogP contribution in [0, 0.1) is 0 Å². The second-order valence-corrected chi connectivity index (χ2v) is 8.31. The van der Waals surface area contributed by atoms with E-state index in [1.54, 1.807) is 29.9 Å². The zero-order valence-corrected chi connectivity index (χ0v) is 17.7. The van der Waals surface area contributed by atoms with Crippen LogP contribution in [0.15, 0.2) is 66.3 Å². The normalized spacial score (nSPS) is 15.2. The summed E-state index contributed by atoms with van der Waals surface area (Å²) in [5.41, 5.74) is 3.01. The van der Waals surface area contributed by atoms with E-state index in [2.05, 4.69) is 4.98 Å². The molecule has 0 radical (unpaired) electrons. The number of Topliss-reactive ketones (excluding diaryl/α,β-unsaturated/α-hetero) is 1. The third-order valence-electron chi connectivity index (χ3n) is 5.30. The van der Waals surface area contributed by atoms with Gasteiger partial charge in [0.2, 0.25) is 0 Å². The number of amides is 1. The summed E-state index contributed by atoms with van der Waals surface area (Å²) in [6.45, 7) is 0.453. The number of nitrogens with zero attached hydrogens (tertiary/aromatic N) is 2. The Kier molecular flexibility index (Phi) is 6.52. The lowest BCUT2D eigenvalue weighted by Crippen LogP contribution is -2.51. The summed E-state index contributed by atoms with van der Waals surface area (Å²) in [7, 11) is 0. The van der Waals surface area contributed by atoms with Gasteiger partial charge in [-0.2, -0.15) is 0 Å². The van der Waals surface area contributed by atoms with Crippen LogP contribution in [0.3, 0.4) is 0 Å². The fourth-order valence-corrected chi connectivity index (χ4v) is 4.34. The average molecular weight is 435 g/mol. The number of carbonyl (C=O) groups is 3. The lowest BCUT2D eigenvalue weighted by Gasteiger charge is -2.34. The van der Waals surface area contributed by atoms with E-state index >= 15 is 0 Å². The molecule has 0 aliphatic carbocycles. The zero-order chi connectivity index (χ0) is 21.6. The van der Waals surface area contributed by atoms with Crippen molar-refractivity contribution in [2.45, 2.75) is 31.8 Å². The number of hydrogen-bond donors (Lipinski definition) is 0. The Morgan fingerprint density at radius 1 is 1.06 bits per heavy atom. The maximum Gasteiger partial charge on any atom is 0.329 e. The average Bonchev–Trinajstić information content (AvgIpc) is 3.35. The summed E-state index contributed by atoms with van der Waals surface area (Å²) in [4.78, 5) is 44.4. The summed E-state index contributed by atoms with van der Waals surface area (Å²) < 4.78 is 5.51. The van der Waals surface area contributed by atoms with E-state index in [4.69, 9.17) is 4.74 Å². The third-order valence-corrected chi connectivity index (χ3v) is 6.17. The van der Waals surface area contributed by atoms with Crippen molar-refractivity contribution in [1.29, 1.82) is 0 Å². The highest BCUT2D eigenvalue weighted by Crippen LogP contribution is 2.25. The minimum absolute atomic E-state index is 0.210. The van der Waals surface area contributed by atoms with Crippen LogP contribution in [0.1, 0.15) is 32.8 Å². The van der Waals surface area contributed by atoms with Gasteiger partial charge in [-0.25, -0.2) is 4.79 Å². The van der Waals surface area contributed by atoms with Gasteiger partial charge < -0.3 is 9.64 Å². The summed E-state index contributed by atoms with van der Waals surface area (Å²) in [5, 5.41) is 1.75. The van der Waals surface area contributed by atoms with E-state index in [1.165, 1.54) is 16.2 Å². The second-order valence-electron chi connectivity index (χ2n) is 7.36. The number of pyridine rings is 1. The second kappa shape index (κ2) is 9.66. The van der Waals surface area contributed by atoms with Crippen LogP contribution in [0.4, 0.5) is 0 Å². The summed E-state index contributed by atoms with van der Waals surface area (Å²) in [6, 6.07) is 14.0. The van der Waals surface area contributed by atoms with Crippen LogP contribution in [0.5, 0.6) is 0 Å². The van der Waals surface area contributed by atoms with Crippen molar-refractivity contribution in [1.82, 2.24) is 9.88 Å². The highest BCUT2D eigenvalue weighted by molar-refractivity contribution is 7.13. The molecule has 4 rings (SSSR count). The molecule has 0 fully saturated rings. The molecule has 0 N–H and O–H groups in total. The Morgan fingerprint density at radius 2 is 1.90 bits per heavy atom. The fourth-order valence-electron chi connectivity index (χ4n) is 3.68. The molecule has 158 valence electrons. The van der Waals surface area contributed by atoms with Gasteiger partial charge >= 0.3 is 5.97 Å². The first-order valence-corrected chi connectivity index (χ1v) is 11.0. The fraction of sp³-hybridized carbons (Fsp3) is 0.250. The van der Waals surface area contributed by atoms with Gasteiger partial charge in [0.05, 0.1) is 11.5 Å². The molecule has 6 nitrogen and oxygen atoms in total. The molecule has 0 spiro atoms. The Morgan fingerprint density at radius 3 is 2.65 bits per heavy atom.